The Balaban J connectivity index is 1.86. The molecular weight excluding hydrogens is 330 g/mol. The van der Waals surface area contributed by atoms with Crippen LogP contribution in [-0.2, 0) is 0 Å². The lowest BCUT2D eigenvalue weighted by atomic mass is 10.1. The zero-order chi connectivity index (χ0) is 17.2. The van der Waals surface area contributed by atoms with E-state index in [0.717, 1.165) is 44.2 Å². The molecule has 0 atom stereocenters. The van der Waals surface area contributed by atoms with Gasteiger partial charge in [-0.15, -0.1) is 11.3 Å². The number of ether oxygens (including phenoxy) is 1. The molecule has 0 saturated carbocycles. The number of aromatic nitrogens is 2. The number of nitrogens with zero attached hydrogens (tertiary/aromatic N) is 2. The van der Waals surface area contributed by atoms with Crippen molar-refractivity contribution >= 4 is 33.1 Å². The summed E-state index contributed by atoms with van der Waals surface area (Å²) in [7, 11) is 1.67. The number of rotatable bonds is 4. The Kier molecular flexibility index (Phi) is 4.07. The van der Waals surface area contributed by atoms with Crippen LogP contribution in [0.2, 0.25) is 0 Å². The monoisotopic (exact) mass is 347 g/mol. The van der Waals surface area contributed by atoms with Crippen LogP contribution >= 0.6 is 11.3 Å². The Labute approximate surface area is 150 Å². The Morgan fingerprint density at radius 2 is 1.88 bits per heavy atom. The first-order valence-corrected chi connectivity index (χ1v) is 8.83. The maximum atomic E-state index is 5.48. The smallest absolute Gasteiger partial charge is 0.143 e. The van der Waals surface area contributed by atoms with Crippen molar-refractivity contribution in [3.05, 3.63) is 65.8 Å². The van der Waals surface area contributed by atoms with Crippen molar-refractivity contribution in [1.82, 2.24) is 9.97 Å². The summed E-state index contributed by atoms with van der Waals surface area (Å²) in [6.45, 7) is 2.06. The molecule has 4 nitrogen and oxygen atoms in total. The van der Waals surface area contributed by atoms with Gasteiger partial charge in [-0.1, -0.05) is 36.4 Å². The van der Waals surface area contributed by atoms with Gasteiger partial charge >= 0.3 is 0 Å². The van der Waals surface area contributed by atoms with E-state index in [2.05, 4.69) is 45.8 Å². The molecule has 0 aliphatic rings. The maximum Gasteiger partial charge on any atom is 0.143 e. The summed E-state index contributed by atoms with van der Waals surface area (Å²) < 4.78 is 5.48. The Bertz CT molecular complexity index is 1030. The summed E-state index contributed by atoms with van der Waals surface area (Å²) in [5, 5.41) is 6.60. The van der Waals surface area contributed by atoms with E-state index in [1.165, 1.54) is 0 Å². The lowest BCUT2D eigenvalue weighted by Crippen LogP contribution is -1.98. The van der Waals surface area contributed by atoms with E-state index in [1.54, 1.807) is 24.8 Å². The summed E-state index contributed by atoms with van der Waals surface area (Å²) in [5.41, 5.74) is 4.34. The molecule has 0 saturated heterocycles. The summed E-state index contributed by atoms with van der Waals surface area (Å²) >= 11 is 1.62. The zero-order valence-electron chi connectivity index (χ0n) is 14.0. The fourth-order valence-electron chi connectivity index (χ4n) is 2.85. The fraction of sp³-hybridized carbons (Fsp3) is 0.100. The first kappa shape index (κ1) is 15.6. The summed E-state index contributed by atoms with van der Waals surface area (Å²) in [5.74, 6) is 1.57. The number of benzene rings is 2. The average molecular weight is 347 g/mol. The van der Waals surface area contributed by atoms with Gasteiger partial charge in [-0.25, -0.2) is 9.97 Å². The van der Waals surface area contributed by atoms with Gasteiger partial charge in [0.15, 0.2) is 0 Å². The third-order valence-corrected chi connectivity index (χ3v) is 4.95. The number of nitrogens with one attached hydrogen (secondary N) is 1. The molecule has 0 radical (unpaired) electrons. The third-order valence-electron chi connectivity index (χ3n) is 4.06. The van der Waals surface area contributed by atoms with Crippen molar-refractivity contribution in [2.75, 3.05) is 12.4 Å². The van der Waals surface area contributed by atoms with E-state index in [1.807, 2.05) is 30.3 Å². The van der Waals surface area contributed by atoms with Crippen LogP contribution in [0.25, 0.3) is 21.3 Å². The standard InChI is InChI=1S/C20H17N3OS/c1-13-8-9-17(24-2)16(10-13)23-19-18-15(14-6-4-3-5-7-14)11-25-20(18)22-12-21-19/h3-12H,1-2H3,(H,21,22,23). The van der Waals surface area contributed by atoms with Crippen LogP contribution < -0.4 is 10.1 Å². The molecule has 0 spiro atoms. The quantitative estimate of drug-likeness (QED) is 0.535. The van der Waals surface area contributed by atoms with Crippen LogP contribution in [0.15, 0.2) is 60.2 Å². The van der Waals surface area contributed by atoms with Gasteiger partial charge in [0.25, 0.3) is 0 Å². The highest BCUT2D eigenvalue weighted by Crippen LogP contribution is 2.38. The van der Waals surface area contributed by atoms with Crippen LogP contribution in [0.5, 0.6) is 5.75 Å². The second-order valence-corrected chi connectivity index (χ2v) is 6.60. The van der Waals surface area contributed by atoms with Gasteiger partial charge in [0, 0.05) is 10.9 Å². The predicted octanol–water partition coefficient (Wildman–Crippen LogP) is 5.42. The van der Waals surface area contributed by atoms with Crippen molar-refractivity contribution < 1.29 is 4.74 Å². The van der Waals surface area contributed by atoms with E-state index in [0.29, 0.717) is 0 Å². The molecule has 0 aliphatic carbocycles. The van der Waals surface area contributed by atoms with Gasteiger partial charge in [0.05, 0.1) is 18.2 Å². The van der Waals surface area contributed by atoms with Gasteiger partial charge < -0.3 is 10.1 Å². The molecule has 0 aliphatic heterocycles. The lowest BCUT2D eigenvalue weighted by molar-refractivity contribution is 0.416. The largest absolute Gasteiger partial charge is 0.495 e. The second-order valence-electron chi connectivity index (χ2n) is 5.75. The number of aryl methyl sites for hydroxylation is 1. The highest BCUT2D eigenvalue weighted by molar-refractivity contribution is 7.17. The van der Waals surface area contributed by atoms with E-state index >= 15 is 0 Å². The molecule has 0 fully saturated rings. The molecule has 4 aromatic rings. The molecule has 25 heavy (non-hydrogen) atoms. The molecule has 4 rings (SSSR count). The Hall–Kier alpha value is -2.92. The van der Waals surface area contributed by atoms with Crippen LogP contribution in [0, 0.1) is 6.92 Å². The number of anilines is 2. The molecule has 1 N–H and O–H groups in total. The fourth-order valence-corrected chi connectivity index (χ4v) is 3.76. The van der Waals surface area contributed by atoms with Gasteiger partial charge in [0.2, 0.25) is 0 Å². The number of methoxy groups -OCH3 is 1. The molecule has 2 aromatic carbocycles. The third kappa shape index (κ3) is 2.94. The molecule has 124 valence electrons. The number of fused-ring (bicyclic) bond motifs is 1. The van der Waals surface area contributed by atoms with E-state index in [4.69, 9.17) is 4.74 Å². The van der Waals surface area contributed by atoms with Crippen molar-refractivity contribution in [2.45, 2.75) is 6.92 Å². The summed E-state index contributed by atoms with van der Waals surface area (Å²) in [4.78, 5) is 9.88. The molecule has 0 amide bonds. The SMILES string of the molecule is COc1ccc(C)cc1Nc1ncnc2scc(-c3ccccc3)c12. The van der Waals surface area contributed by atoms with Gasteiger partial charge in [-0.05, 0) is 30.2 Å². The summed E-state index contributed by atoms with van der Waals surface area (Å²) in [6.07, 6.45) is 1.60. The second kappa shape index (κ2) is 6.53. The molecular formula is C20H17N3OS. The lowest BCUT2D eigenvalue weighted by Gasteiger charge is -2.12. The van der Waals surface area contributed by atoms with Crippen LogP contribution in [0.1, 0.15) is 5.56 Å². The highest BCUT2D eigenvalue weighted by atomic mass is 32.1. The van der Waals surface area contributed by atoms with Crippen molar-refractivity contribution in [3.8, 4) is 16.9 Å². The van der Waals surface area contributed by atoms with Crippen molar-refractivity contribution in [1.29, 1.82) is 0 Å². The van der Waals surface area contributed by atoms with Gasteiger partial charge in [-0.3, -0.25) is 0 Å². The number of thiophene rings is 1. The summed E-state index contributed by atoms with van der Waals surface area (Å²) in [6, 6.07) is 16.4. The minimum Gasteiger partial charge on any atom is -0.495 e. The Morgan fingerprint density at radius 1 is 1.04 bits per heavy atom. The number of hydrogen-bond donors (Lipinski definition) is 1. The first-order chi connectivity index (χ1) is 12.3. The maximum absolute atomic E-state index is 5.48. The van der Waals surface area contributed by atoms with Crippen molar-refractivity contribution in [3.63, 3.8) is 0 Å². The molecule has 0 unspecified atom stereocenters. The number of hydrogen-bond acceptors (Lipinski definition) is 5. The van der Waals surface area contributed by atoms with Crippen LogP contribution in [-0.4, -0.2) is 17.1 Å². The van der Waals surface area contributed by atoms with E-state index < -0.39 is 0 Å². The predicted molar refractivity (Wildman–Crippen MR) is 104 cm³/mol. The average Bonchev–Trinajstić information content (AvgIpc) is 3.08. The normalized spacial score (nSPS) is 10.8. The Morgan fingerprint density at radius 3 is 2.68 bits per heavy atom. The highest BCUT2D eigenvalue weighted by Gasteiger charge is 2.14. The molecule has 5 heteroatoms. The van der Waals surface area contributed by atoms with E-state index in [-0.39, 0.29) is 0 Å². The van der Waals surface area contributed by atoms with Crippen LogP contribution in [0.4, 0.5) is 11.5 Å². The minimum atomic E-state index is 0.786. The molecule has 2 aromatic heterocycles. The van der Waals surface area contributed by atoms with Crippen LogP contribution in [0.3, 0.4) is 0 Å². The van der Waals surface area contributed by atoms with Gasteiger partial charge in [0.1, 0.15) is 22.7 Å². The topological polar surface area (TPSA) is 47.0 Å². The minimum absolute atomic E-state index is 0.786. The molecule has 0 bridgehead atoms. The first-order valence-electron chi connectivity index (χ1n) is 7.95. The zero-order valence-corrected chi connectivity index (χ0v) is 14.8. The van der Waals surface area contributed by atoms with E-state index in [9.17, 15) is 0 Å². The van der Waals surface area contributed by atoms with Gasteiger partial charge in [-0.2, -0.15) is 0 Å². The van der Waals surface area contributed by atoms with Crippen molar-refractivity contribution in [2.24, 2.45) is 0 Å². The molecule has 2 heterocycles.